The lowest BCUT2D eigenvalue weighted by Crippen LogP contribution is -2.33. The second-order valence-corrected chi connectivity index (χ2v) is 5.55. The average molecular weight is 275 g/mol. The minimum atomic E-state index is -0.109. The lowest BCUT2D eigenvalue weighted by atomic mass is 10.0. The minimum Gasteiger partial charge on any atom is -0.395 e. The van der Waals surface area contributed by atoms with Gasteiger partial charge in [0.25, 0.3) is 0 Å². The number of aliphatic hydroxyl groups excluding tert-OH is 1. The second-order valence-electron chi connectivity index (χ2n) is 5.55. The topological polar surface area (TPSA) is 59.3 Å². The summed E-state index contributed by atoms with van der Waals surface area (Å²) < 4.78 is 7.81. The van der Waals surface area contributed by atoms with E-state index in [4.69, 9.17) is 4.74 Å². The summed E-state index contributed by atoms with van der Waals surface area (Å²) in [6.07, 6.45) is 2.19. The largest absolute Gasteiger partial charge is 0.395 e. The molecule has 0 spiro atoms. The van der Waals surface area contributed by atoms with E-state index in [2.05, 4.69) is 17.2 Å². The normalized spacial score (nSPS) is 22.5. The Morgan fingerprint density at radius 2 is 2.30 bits per heavy atom. The number of hydrogen-bond acceptors (Lipinski definition) is 4. The molecule has 5 nitrogen and oxygen atoms in total. The van der Waals surface area contributed by atoms with Gasteiger partial charge in [-0.3, -0.25) is 0 Å². The Bertz CT molecular complexity index is 588. The van der Waals surface area contributed by atoms with Crippen molar-refractivity contribution < 1.29 is 9.84 Å². The first-order chi connectivity index (χ1) is 9.72. The highest BCUT2D eigenvalue weighted by Crippen LogP contribution is 2.26. The molecule has 3 rings (SSSR count). The van der Waals surface area contributed by atoms with Crippen LogP contribution in [0.3, 0.4) is 0 Å². The van der Waals surface area contributed by atoms with Crippen LogP contribution in [-0.2, 0) is 11.3 Å². The molecule has 1 saturated heterocycles. The van der Waals surface area contributed by atoms with Crippen LogP contribution in [0.15, 0.2) is 24.3 Å². The molecule has 0 radical (unpaired) electrons. The zero-order valence-electron chi connectivity index (χ0n) is 11.8. The molecule has 2 heterocycles. The Hall–Kier alpha value is -1.59. The summed E-state index contributed by atoms with van der Waals surface area (Å²) in [6, 6.07) is 7.98. The standard InChI is InChI=1S/C15H21N3O2/c1-15(7-4-10-20-15)11-16-14-17-12-5-2-3-6-13(12)18(14)8-9-19/h2-3,5-6,19H,4,7-11H2,1H3,(H,16,17). The molecule has 1 atom stereocenters. The van der Waals surface area contributed by atoms with Crippen LogP contribution >= 0.6 is 0 Å². The van der Waals surface area contributed by atoms with Crippen LogP contribution in [0.2, 0.25) is 0 Å². The molecule has 0 amide bonds. The molecule has 1 unspecified atom stereocenters. The maximum absolute atomic E-state index is 9.25. The van der Waals surface area contributed by atoms with E-state index in [0.717, 1.165) is 43.0 Å². The van der Waals surface area contributed by atoms with E-state index >= 15 is 0 Å². The van der Waals surface area contributed by atoms with Crippen LogP contribution < -0.4 is 5.32 Å². The molecule has 1 aromatic heterocycles. The number of benzene rings is 1. The van der Waals surface area contributed by atoms with Gasteiger partial charge in [0.2, 0.25) is 5.95 Å². The highest BCUT2D eigenvalue weighted by atomic mass is 16.5. The highest BCUT2D eigenvalue weighted by Gasteiger charge is 2.29. The number of aromatic nitrogens is 2. The van der Waals surface area contributed by atoms with Gasteiger partial charge in [-0.15, -0.1) is 0 Å². The summed E-state index contributed by atoms with van der Waals surface area (Å²) in [5, 5.41) is 12.6. The van der Waals surface area contributed by atoms with Crippen molar-refractivity contribution >= 4 is 17.0 Å². The molecule has 20 heavy (non-hydrogen) atoms. The zero-order chi connectivity index (χ0) is 14.0. The third-order valence-electron chi connectivity index (χ3n) is 3.90. The second kappa shape index (κ2) is 5.42. The molecule has 2 N–H and O–H groups in total. The number of rotatable bonds is 5. The van der Waals surface area contributed by atoms with Crippen LogP contribution in [0.4, 0.5) is 5.95 Å². The summed E-state index contributed by atoms with van der Waals surface area (Å²) >= 11 is 0. The maximum atomic E-state index is 9.25. The number of aliphatic hydroxyl groups is 1. The van der Waals surface area contributed by atoms with Gasteiger partial charge in [-0.05, 0) is 31.9 Å². The monoisotopic (exact) mass is 275 g/mol. The van der Waals surface area contributed by atoms with Crippen molar-refractivity contribution in [2.24, 2.45) is 0 Å². The molecule has 5 heteroatoms. The van der Waals surface area contributed by atoms with Crippen LogP contribution in [-0.4, -0.2) is 40.0 Å². The van der Waals surface area contributed by atoms with Gasteiger partial charge in [0, 0.05) is 19.7 Å². The van der Waals surface area contributed by atoms with Crippen LogP contribution in [0.1, 0.15) is 19.8 Å². The molecule has 1 aliphatic heterocycles. The molecule has 1 fully saturated rings. The van der Waals surface area contributed by atoms with Gasteiger partial charge in [0.15, 0.2) is 0 Å². The van der Waals surface area contributed by atoms with Crippen molar-refractivity contribution in [3.8, 4) is 0 Å². The summed E-state index contributed by atoms with van der Waals surface area (Å²) in [7, 11) is 0. The predicted octanol–water partition coefficient (Wildman–Crippen LogP) is 2.01. The molecule has 1 aliphatic rings. The SMILES string of the molecule is CC1(CNc2nc3ccccc3n2CCO)CCCO1. The first kappa shape index (κ1) is 13.4. The number of fused-ring (bicyclic) bond motifs is 1. The summed E-state index contributed by atoms with van der Waals surface area (Å²) in [6.45, 7) is 4.35. The van der Waals surface area contributed by atoms with E-state index in [1.54, 1.807) is 0 Å². The van der Waals surface area contributed by atoms with E-state index in [0.29, 0.717) is 6.54 Å². The van der Waals surface area contributed by atoms with Gasteiger partial charge in [0.1, 0.15) is 0 Å². The molecule has 1 aromatic carbocycles. The average Bonchev–Trinajstić information content (AvgIpc) is 3.03. The first-order valence-corrected chi connectivity index (χ1v) is 7.16. The number of hydrogen-bond donors (Lipinski definition) is 2. The van der Waals surface area contributed by atoms with E-state index < -0.39 is 0 Å². The van der Waals surface area contributed by atoms with E-state index in [1.807, 2.05) is 28.8 Å². The van der Waals surface area contributed by atoms with Crippen LogP contribution in [0.25, 0.3) is 11.0 Å². The number of ether oxygens (including phenoxy) is 1. The van der Waals surface area contributed by atoms with Gasteiger partial charge < -0.3 is 19.7 Å². The first-order valence-electron chi connectivity index (χ1n) is 7.16. The van der Waals surface area contributed by atoms with E-state index in [-0.39, 0.29) is 12.2 Å². The van der Waals surface area contributed by atoms with E-state index in [9.17, 15) is 5.11 Å². The Balaban J connectivity index is 1.84. The number of para-hydroxylation sites is 2. The smallest absolute Gasteiger partial charge is 0.204 e. The maximum Gasteiger partial charge on any atom is 0.204 e. The third-order valence-corrected chi connectivity index (χ3v) is 3.90. The van der Waals surface area contributed by atoms with Gasteiger partial charge in [-0.25, -0.2) is 4.98 Å². The molecule has 2 aromatic rings. The number of nitrogens with zero attached hydrogens (tertiary/aromatic N) is 2. The highest BCUT2D eigenvalue weighted by molar-refractivity contribution is 5.78. The van der Waals surface area contributed by atoms with Gasteiger partial charge in [0.05, 0.1) is 23.2 Å². The Morgan fingerprint density at radius 3 is 3.05 bits per heavy atom. The minimum absolute atomic E-state index is 0.100. The Kier molecular flexibility index (Phi) is 3.63. The number of anilines is 1. The molecule has 0 aliphatic carbocycles. The van der Waals surface area contributed by atoms with Gasteiger partial charge in [-0.2, -0.15) is 0 Å². The molecule has 0 saturated carbocycles. The lowest BCUT2D eigenvalue weighted by molar-refractivity contribution is 0.0313. The van der Waals surface area contributed by atoms with Crippen LogP contribution in [0, 0.1) is 0 Å². The number of imidazole rings is 1. The van der Waals surface area contributed by atoms with Crippen molar-refractivity contribution in [1.29, 1.82) is 0 Å². The number of nitrogens with one attached hydrogen (secondary N) is 1. The molecule has 0 bridgehead atoms. The third kappa shape index (κ3) is 2.51. The predicted molar refractivity (Wildman–Crippen MR) is 78.9 cm³/mol. The summed E-state index contributed by atoms with van der Waals surface area (Å²) in [5.74, 6) is 0.803. The van der Waals surface area contributed by atoms with Gasteiger partial charge >= 0.3 is 0 Å². The fraction of sp³-hybridized carbons (Fsp3) is 0.533. The van der Waals surface area contributed by atoms with Crippen molar-refractivity contribution in [3.63, 3.8) is 0 Å². The van der Waals surface area contributed by atoms with Crippen molar-refractivity contribution in [1.82, 2.24) is 9.55 Å². The van der Waals surface area contributed by atoms with Crippen molar-refractivity contribution in [2.75, 3.05) is 25.1 Å². The summed E-state index contributed by atoms with van der Waals surface area (Å²) in [4.78, 5) is 4.61. The molecular formula is C15H21N3O2. The van der Waals surface area contributed by atoms with E-state index in [1.165, 1.54) is 0 Å². The lowest BCUT2D eigenvalue weighted by Gasteiger charge is -2.23. The molecular weight excluding hydrogens is 254 g/mol. The van der Waals surface area contributed by atoms with Crippen molar-refractivity contribution in [2.45, 2.75) is 31.9 Å². The van der Waals surface area contributed by atoms with Crippen LogP contribution in [0.5, 0.6) is 0 Å². The van der Waals surface area contributed by atoms with Gasteiger partial charge in [-0.1, -0.05) is 12.1 Å². The fourth-order valence-corrected chi connectivity index (χ4v) is 2.78. The summed E-state index contributed by atoms with van der Waals surface area (Å²) in [5.41, 5.74) is 1.88. The fourth-order valence-electron chi connectivity index (χ4n) is 2.78. The van der Waals surface area contributed by atoms with Crippen molar-refractivity contribution in [3.05, 3.63) is 24.3 Å². The zero-order valence-corrected chi connectivity index (χ0v) is 11.8. The molecule has 108 valence electrons. The Morgan fingerprint density at radius 1 is 1.45 bits per heavy atom. The Labute approximate surface area is 118 Å². The quantitative estimate of drug-likeness (QED) is 0.876.